The van der Waals surface area contributed by atoms with Gasteiger partial charge >= 0.3 is 17.9 Å². The molecule has 3 aromatic rings. The molecule has 37 heavy (non-hydrogen) atoms. The zero-order chi connectivity index (χ0) is 26.7. The normalized spacial score (nSPS) is 14.6. The summed E-state index contributed by atoms with van der Waals surface area (Å²) in [6.45, 7) is 0.0881. The number of nitro groups is 1. The maximum atomic E-state index is 13.0. The number of nitrogens with one attached hydrogen (secondary N) is 1. The summed E-state index contributed by atoms with van der Waals surface area (Å²) in [4.78, 5) is 36.5. The summed E-state index contributed by atoms with van der Waals surface area (Å²) in [7, 11) is 1.30. The van der Waals surface area contributed by atoms with Crippen molar-refractivity contribution in [2.75, 3.05) is 7.11 Å². The van der Waals surface area contributed by atoms with Crippen molar-refractivity contribution in [1.29, 1.82) is 0 Å². The van der Waals surface area contributed by atoms with E-state index in [0.29, 0.717) is 17.7 Å². The molecule has 4 rings (SSSR count). The lowest BCUT2D eigenvalue weighted by atomic mass is 10.1. The second-order valence-corrected chi connectivity index (χ2v) is 7.81. The van der Waals surface area contributed by atoms with Crippen LogP contribution >= 0.6 is 0 Å². The average Bonchev–Trinajstić information content (AvgIpc) is 3.12. The molecule has 190 valence electrons. The van der Waals surface area contributed by atoms with Gasteiger partial charge in [-0.1, -0.05) is 36.4 Å². The number of nitrogens with zero attached hydrogens (tertiary/aromatic N) is 2. The van der Waals surface area contributed by atoms with Crippen molar-refractivity contribution in [1.82, 2.24) is 10.2 Å². The van der Waals surface area contributed by atoms with Gasteiger partial charge in [0.1, 0.15) is 5.70 Å². The highest BCUT2D eigenvalue weighted by Crippen LogP contribution is 2.40. The predicted octanol–water partition coefficient (Wildman–Crippen LogP) is 5.51. The van der Waals surface area contributed by atoms with Crippen molar-refractivity contribution < 1.29 is 37.2 Å². The van der Waals surface area contributed by atoms with Gasteiger partial charge in [-0.3, -0.25) is 19.8 Å². The van der Waals surface area contributed by atoms with Gasteiger partial charge in [-0.15, -0.1) is 0 Å². The molecule has 0 aliphatic carbocycles. The van der Waals surface area contributed by atoms with Gasteiger partial charge in [0.05, 0.1) is 24.1 Å². The Labute approximate surface area is 207 Å². The minimum absolute atomic E-state index is 0.0139. The number of hydrogen-bond acceptors (Lipinski definition) is 6. The van der Waals surface area contributed by atoms with Crippen molar-refractivity contribution in [2.24, 2.45) is 0 Å². The summed E-state index contributed by atoms with van der Waals surface area (Å²) in [6.07, 6.45) is -3.35. The van der Waals surface area contributed by atoms with Gasteiger partial charge < -0.3 is 14.8 Å². The molecule has 9 nitrogen and oxygen atoms in total. The molecule has 1 heterocycles. The molecule has 1 saturated heterocycles. The summed E-state index contributed by atoms with van der Waals surface area (Å²) in [5.41, 5.74) is -0.843. The first-order valence-corrected chi connectivity index (χ1v) is 10.7. The maximum absolute atomic E-state index is 13.0. The molecule has 0 bridgehead atoms. The van der Waals surface area contributed by atoms with E-state index in [4.69, 9.17) is 9.47 Å². The second-order valence-electron chi connectivity index (χ2n) is 7.81. The molecule has 3 aromatic carbocycles. The van der Waals surface area contributed by atoms with Crippen molar-refractivity contribution in [3.05, 3.63) is 99.2 Å². The number of carbonyl (C=O) groups is 2. The van der Waals surface area contributed by atoms with Gasteiger partial charge in [0, 0.05) is 6.07 Å². The van der Waals surface area contributed by atoms with E-state index in [0.717, 1.165) is 16.5 Å². The minimum atomic E-state index is -4.76. The first kappa shape index (κ1) is 25.2. The van der Waals surface area contributed by atoms with E-state index in [2.05, 4.69) is 5.32 Å². The average molecular weight is 513 g/mol. The number of imide groups is 1. The molecule has 3 amide bonds. The molecule has 1 aliphatic heterocycles. The Bertz CT molecular complexity index is 1410. The van der Waals surface area contributed by atoms with Crippen molar-refractivity contribution in [2.45, 2.75) is 12.7 Å². The number of benzene rings is 3. The highest BCUT2D eigenvalue weighted by molar-refractivity contribution is 6.13. The van der Waals surface area contributed by atoms with E-state index in [-0.39, 0.29) is 23.7 Å². The Kier molecular flexibility index (Phi) is 6.83. The second kappa shape index (κ2) is 10.0. The quantitative estimate of drug-likeness (QED) is 0.193. The molecule has 1 fully saturated rings. The van der Waals surface area contributed by atoms with Crippen molar-refractivity contribution in [3.63, 3.8) is 0 Å². The number of halogens is 3. The summed E-state index contributed by atoms with van der Waals surface area (Å²) in [5, 5.41) is 13.9. The molecule has 0 spiro atoms. The molecule has 0 unspecified atom stereocenters. The zero-order valence-corrected chi connectivity index (χ0v) is 19.1. The number of ether oxygens (including phenoxy) is 2. The number of rotatable bonds is 7. The van der Waals surface area contributed by atoms with Gasteiger partial charge in [0.2, 0.25) is 5.75 Å². The fourth-order valence-corrected chi connectivity index (χ4v) is 3.55. The number of hydrogen-bond donors (Lipinski definition) is 1. The molecule has 0 atom stereocenters. The number of urea groups is 1. The first-order valence-electron chi connectivity index (χ1n) is 10.7. The van der Waals surface area contributed by atoms with Crippen LogP contribution in [0.4, 0.5) is 23.7 Å². The fourth-order valence-electron chi connectivity index (χ4n) is 3.55. The number of carbonyl (C=O) groups excluding carboxylic acids is 2. The number of methoxy groups -OCH3 is 1. The van der Waals surface area contributed by atoms with Crippen LogP contribution in [0.1, 0.15) is 16.7 Å². The van der Waals surface area contributed by atoms with Crippen LogP contribution in [0.5, 0.6) is 17.2 Å². The Hall–Kier alpha value is -4.87. The summed E-state index contributed by atoms with van der Waals surface area (Å²) in [5.74, 6) is -0.882. The molecular weight excluding hydrogens is 495 g/mol. The van der Waals surface area contributed by atoms with E-state index in [1.807, 2.05) is 6.07 Å². The van der Waals surface area contributed by atoms with Crippen LogP contribution in [0.15, 0.2) is 72.4 Å². The summed E-state index contributed by atoms with van der Waals surface area (Å²) in [6, 6.07) is 14.6. The molecular formula is C25H18F3N3O6. The Balaban J connectivity index is 1.58. The Morgan fingerprint density at radius 1 is 1.00 bits per heavy atom. The van der Waals surface area contributed by atoms with Gasteiger partial charge in [-0.2, -0.15) is 13.2 Å². The molecule has 0 radical (unpaired) electrons. The number of alkyl halides is 3. The number of amides is 3. The highest BCUT2D eigenvalue weighted by Gasteiger charge is 2.34. The van der Waals surface area contributed by atoms with E-state index in [1.165, 1.54) is 31.4 Å². The lowest BCUT2D eigenvalue weighted by Crippen LogP contribution is -2.30. The van der Waals surface area contributed by atoms with Gasteiger partial charge in [-0.05, 0) is 41.5 Å². The van der Waals surface area contributed by atoms with Crippen LogP contribution in [0, 0.1) is 10.1 Å². The van der Waals surface area contributed by atoms with Crippen LogP contribution in [0.3, 0.4) is 0 Å². The fraction of sp³-hybridized carbons (Fsp3) is 0.120. The molecule has 1 aliphatic rings. The predicted molar refractivity (Wildman–Crippen MR) is 125 cm³/mol. The number of nitro benzene ring substituents is 1. The van der Waals surface area contributed by atoms with Crippen LogP contribution in [-0.2, 0) is 17.5 Å². The standard InChI is InChI=1S/C25H18F3N3O6/c1-36-22-12-16(11-18-23(32)30(24(33)29-18)14-15-5-3-2-4-6-15)7-9-21(22)37-20-10-8-17(25(26,27)28)13-19(20)31(34)35/h2-13H,14H2,1H3,(H,29,33)/b18-11+. The first-order chi connectivity index (χ1) is 17.6. The molecule has 0 saturated carbocycles. The van der Waals surface area contributed by atoms with Crippen LogP contribution < -0.4 is 14.8 Å². The Morgan fingerprint density at radius 3 is 2.35 bits per heavy atom. The molecule has 1 N–H and O–H groups in total. The van der Waals surface area contributed by atoms with Crippen molar-refractivity contribution >= 4 is 23.7 Å². The third-order valence-electron chi connectivity index (χ3n) is 5.35. The van der Waals surface area contributed by atoms with E-state index >= 15 is 0 Å². The van der Waals surface area contributed by atoms with Crippen LogP contribution in [0.25, 0.3) is 6.08 Å². The van der Waals surface area contributed by atoms with Gasteiger partial charge in [0.15, 0.2) is 11.5 Å². The SMILES string of the molecule is COc1cc(/C=C2/NC(=O)N(Cc3ccccc3)C2=O)ccc1Oc1ccc(C(F)(F)F)cc1[N+](=O)[O-]. The maximum Gasteiger partial charge on any atom is 0.416 e. The van der Waals surface area contributed by atoms with Gasteiger partial charge in [-0.25, -0.2) is 4.79 Å². The summed E-state index contributed by atoms with van der Waals surface area (Å²) < 4.78 is 49.7. The monoisotopic (exact) mass is 513 g/mol. The van der Waals surface area contributed by atoms with E-state index in [1.54, 1.807) is 24.3 Å². The molecule has 12 heteroatoms. The molecule has 0 aromatic heterocycles. The minimum Gasteiger partial charge on any atom is -0.493 e. The third-order valence-corrected chi connectivity index (χ3v) is 5.35. The lowest BCUT2D eigenvalue weighted by Gasteiger charge is -2.13. The summed E-state index contributed by atoms with van der Waals surface area (Å²) >= 11 is 0. The third kappa shape index (κ3) is 5.53. The smallest absolute Gasteiger partial charge is 0.416 e. The largest absolute Gasteiger partial charge is 0.493 e. The Morgan fingerprint density at radius 2 is 1.70 bits per heavy atom. The van der Waals surface area contributed by atoms with E-state index < -0.39 is 40.0 Å². The topological polar surface area (TPSA) is 111 Å². The van der Waals surface area contributed by atoms with Crippen LogP contribution in [0.2, 0.25) is 0 Å². The highest BCUT2D eigenvalue weighted by atomic mass is 19.4. The zero-order valence-electron chi connectivity index (χ0n) is 19.1. The van der Waals surface area contributed by atoms with Crippen LogP contribution in [-0.4, -0.2) is 28.9 Å². The van der Waals surface area contributed by atoms with E-state index in [9.17, 15) is 32.9 Å². The lowest BCUT2D eigenvalue weighted by molar-refractivity contribution is -0.385. The van der Waals surface area contributed by atoms with Gasteiger partial charge in [0.25, 0.3) is 5.91 Å². The van der Waals surface area contributed by atoms with Crippen molar-refractivity contribution in [3.8, 4) is 17.2 Å².